The maximum absolute atomic E-state index is 13.2. The number of aliphatic hydroxyl groups is 1. The highest BCUT2D eigenvalue weighted by Crippen LogP contribution is 2.47. The molecule has 0 amide bonds. The van der Waals surface area contributed by atoms with Gasteiger partial charge in [0.1, 0.15) is 11.6 Å². The fourth-order valence-corrected chi connectivity index (χ4v) is 4.46. The lowest BCUT2D eigenvalue weighted by Gasteiger charge is -2.22. The molecule has 1 aliphatic heterocycles. The van der Waals surface area contributed by atoms with Crippen molar-refractivity contribution in [1.82, 2.24) is 14.5 Å². The molecule has 7 heteroatoms. The molecule has 33 heavy (non-hydrogen) atoms. The molecular formula is C26H27F2N3O2. The Morgan fingerprint density at radius 2 is 2.12 bits per heavy atom. The van der Waals surface area contributed by atoms with Crippen molar-refractivity contribution in [2.24, 2.45) is 0 Å². The molecule has 5 nitrogen and oxygen atoms in total. The summed E-state index contributed by atoms with van der Waals surface area (Å²) in [5.74, 6) is 7.10. The van der Waals surface area contributed by atoms with E-state index in [4.69, 9.17) is 9.72 Å². The van der Waals surface area contributed by atoms with E-state index in [0.717, 1.165) is 28.0 Å². The number of imidazole rings is 1. The Kier molecular flexibility index (Phi) is 6.50. The quantitative estimate of drug-likeness (QED) is 0.536. The van der Waals surface area contributed by atoms with Crippen molar-refractivity contribution < 1.29 is 18.6 Å². The van der Waals surface area contributed by atoms with Crippen LogP contribution >= 0.6 is 0 Å². The predicted octanol–water partition coefficient (Wildman–Crippen LogP) is 5.00. The van der Waals surface area contributed by atoms with Crippen molar-refractivity contribution in [3.8, 4) is 17.6 Å². The van der Waals surface area contributed by atoms with E-state index in [2.05, 4.69) is 27.9 Å². The lowest BCUT2D eigenvalue weighted by molar-refractivity contribution is -0.0507. The minimum Gasteiger partial charge on any atom is -0.434 e. The summed E-state index contributed by atoms with van der Waals surface area (Å²) in [4.78, 5) is 6.97. The van der Waals surface area contributed by atoms with Crippen molar-refractivity contribution in [3.63, 3.8) is 0 Å². The van der Waals surface area contributed by atoms with Crippen LogP contribution in [0.4, 0.5) is 8.78 Å². The molecule has 4 rings (SSSR count). The zero-order valence-electron chi connectivity index (χ0n) is 18.9. The third-order valence-electron chi connectivity index (χ3n) is 5.90. The second kappa shape index (κ2) is 9.34. The molecule has 172 valence electrons. The van der Waals surface area contributed by atoms with Gasteiger partial charge in [0, 0.05) is 17.5 Å². The van der Waals surface area contributed by atoms with E-state index in [1.807, 2.05) is 38.4 Å². The molecule has 0 bridgehead atoms. The van der Waals surface area contributed by atoms with Crippen LogP contribution in [0.25, 0.3) is 17.1 Å². The zero-order valence-corrected chi connectivity index (χ0v) is 18.9. The van der Waals surface area contributed by atoms with Crippen LogP contribution in [-0.4, -0.2) is 46.4 Å². The standard InChI is InChI=1S/C26H27F2N3O2/c1-5-18-10-7-11-23(33-26(27)28)24(18)21-15-22(30(3)4)25-29-19-13-12-17(9-6-8-16(2)32)14-20(19)31(21)25/h5,7,10-14,16,21-22,26,32H,1,8,15H2,2-4H3. The van der Waals surface area contributed by atoms with Gasteiger partial charge in [0.05, 0.1) is 29.2 Å². The van der Waals surface area contributed by atoms with Gasteiger partial charge in [0.2, 0.25) is 0 Å². The highest BCUT2D eigenvalue weighted by Gasteiger charge is 2.38. The number of rotatable bonds is 6. The number of hydrogen-bond acceptors (Lipinski definition) is 4. The minimum atomic E-state index is -2.93. The lowest BCUT2D eigenvalue weighted by atomic mass is 9.95. The SMILES string of the molecule is C=Cc1cccc(OC(F)F)c1C1CC(N(C)C)c2nc3ccc(C#CCC(C)O)cc3n21. The van der Waals surface area contributed by atoms with Crippen molar-refractivity contribution in [2.75, 3.05) is 14.1 Å². The average molecular weight is 452 g/mol. The van der Waals surface area contributed by atoms with Gasteiger partial charge in [0.25, 0.3) is 0 Å². The molecule has 3 unspecified atom stereocenters. The Hall–Kier alpha value is -3.21. The van der Waals surface area contributed by atoms with Gasteiger partial charge in [-0.3, -0.25) is 4.90 Å². The molecule has 3 aromatic rings. The maximum Gasteiger partial charge on any atom is 0.387 e. The van der Waals surface area contributed by atoms with Crippen molar-refractivity contribution >= 4 is 17.1 Å². The summed E-state index contributed by atoms with van der Waals surface area (Å²) in [6.45, 7) is 2.66. The lowest BCUT2D eigenvalue weighted by Crippen LogP contribution is -2.18. The average Bonchev–Trinajstić information content (AvgIpc) is 3.30. The van der Waals surface area contributed by atoms with Gasteiger partial charge in [-0.15, -0.1) is 0 Å². The number of benzene rings is 2. The molecule has 0 spiro atoms. The van der Waals surface area contributed by atoms with Crippen LogP contribution in [0.15, 0.2) is 43.0 Å². The zero-order chi connectivity index (χ0) is 23.7. The summed E-state index contributed by atoms with van der Waals surface area (Å²) in [6.07, 6.45) is 2.22. The molecule has 0 radical (unpaired) electrons. The summed E-state index contributed by atoms with van der Waals surface area (Å²) < 4.78 is 33.5. The van der Waals surface area contributed by atoms with E-state index in [1.54, 1.807) is 25.1 Å². The summed E-state index contributed by atoms with van der Waals surface area (Å²) in [5.41, 5.74) is 3.92. The highest BCUT2D eigenvalue weighted by molar-refractivity contribution is 5.79. The molecule has 2 heterocycles. The Bertz CT molecular complexity index is 1240. The van der Waals surface area contributed by atoms with Crippen LogP contribution in [-0.2, 0) is 0 Å². The van der Waals surface area contributed by atoms with Gasteiger partial charge in [-0.1, -0.05) is 36.6 Å². The van der Waals surface area contributed by atoms with Crippen molar-refractivity contribution in [1.29, 1.82) is 0 Å². The van der Waals surface area contributed by atoms with Gasteiger partial charge in [-0.25, -0.2) is 4.98 Å². The maximum atomic E-state index is 13.2. The van der Waals surface area contributed by atoms with Crippen LogP contribution in [0.2, 0.25) is 0 Å². The van der Waals surface area contributed by atoms with E-state index in [1.165, 1.54) is 0 Å². The number of nitrogens with zero attached hydrogens (tertiary/aromatic N) is 3. The van der Waals surface area contributed by atoms with Gasteiger partial charge in [-0.2, -0.15) is 8.78 Å². The largest absolute Gasteiger partial charge is 0.434 e. The van der Waals surface area contributed by atoms with Crippen LogP contribution in [0.5, 0.6) is 5.75 Å². The molecule has 1 N–H and O–H groups in total. The fourth-order valence-electron chi connectivity index (χ4n) is 4.46. The molecule has 1 aliphatic rings. The van der Waals surface area contributed by atoms with E-state index in [9.17, 15) is 13.9 Å². The first-order chi connectivity index (χ1) is 15.8. The molecule has 0 fully saturated rings. The minimum absolute atomic E-state index is 0.00411. The van der Waals surface area contributed by atoms with Crippen LogP contribution in [0.1, 0.15) is 54.4 Å². The molecule has 0 saturated carbocycles. The predicted molar refractivity (Wildman–Crippen MR) is 125 cm³/mol. The monoisotopic (exact) mass is 451 g/mol. The Morgan fingerprint density at radius 3 is 2.79 bits per heavy atom. The van der Waals surface area contributed by atoms with Crippen molar-refractivity contribution in [3.05, 3.63) is 65.5 Å². The molecular weight excluding hydrogens is 424 g/mol. The Balaban J connectivity index is 1.90. The molecule has 3 atom stereocenters. The van der Waals surface area contributed by atoms with E-state index in [-0.39, 0.29) is 17.8 Å². The Labute approximate surface area is 192 Å². The molecule has 0 saturated heterocycles. The number of ether oxygens (including phenoxy) is 1. The number of hydrogen-bond donors (Lipinski definition) is 1. The summed E-state index contributed by atoms with van der Waals surface area (Å²) >= 11 is 0. The first-order valence-corrected chi connectivity index (χ1v) is 10.9. The van der Waals surface area contributed by atoms with Gasteiger partial charge in [0.15, 0.2) is 0 Å². The van der Waals surface area contributed by atoms with E-state index >= 15 is 0 Å². The molecule has 0 aliphatic carbocycles. The Morgan fingerprint density at radius 1 is 1.33 bits per heavy atom. The first-order valence-electron chi connectivity index (χ1n) is 10.9. The van der Waals surface area contributed by atoms with E-state index in [0.29, 0.717) is 18.4 Å². The van der Waals surface area contributed by atoms with Crippen molar-refractivity contribution in [2.45, 2.75) is 44.6 Å². The van der Waals surface area contributed by atoms with Gasteiger partial charge < -0.3 is 14.4 Å². The number of aromatic nitrogens is 2. The topological polar surface area (TPSA) is 50.5 Å². The first kappa shape index (κ1) is 23.0. The second-order valence-electron chi connectivity index (χ2n) is 8.47. The third kappa shape index (κ3) is 4.50. The third-order valence-corrected chi connectivity index (χ3v) is 5.90. The van der Waals surface area contributed by atoms with E-state index < -0.39 is 12.7 Å². The second-order valence-corrected chi connectivity index (χ2v) is 8.47. The number of halogens is 2. The summed E-state index contributed by atoms with van der Waals surface area (Å²) in [6, 6.07) is 10.7. The molecule has 2 aromatic carbocycles. The van der Waals surface area contributed by atoms with Gasteiger partial charge in [-0.05, 0) is 57.3 Å². The fraction of sp³-hybridized carbons (Fsp3) is 0.346. The summed E-state index contributed by atoms with van der Waals surface area (Å²) in [5, 5.41) is 9.48. The van der Waals surface area contributed by atoms with Crippen LogP contribution in [0, 0.1) is 11.8 Å². The number of fused-ring (bicyclic) bond motifs is 3. The normalized spacial score (nSPS) is 18.3. The summed E-state index contributed by atoms with van der Waals surface area (Å²) in [7, 11) is 3.97. The number of alkyl halides is 2. The molecule has 1 aromatic heterocycles. The smallest absolute Gasteiger partial charge is 0.387 e. The number of aliphatic hydroxyl groups excluding tert-OH is 1. The highest BCUT2D eigenvalue weighted by atomic mass is 19.3. The van der Waals surface area contributed by atoms with Crippen LogP contribution in [0.3, 0.4) is 0 Å². The van der Waals surface area contributed by atoms with Crippen LogP contribution < -0.4 is 4.74 Å². The van der Waals surface area contributed by atoms with Gasteiger partial charge >= 0.3 is 6.61 Å².